The van der Waals surface area contributed by atoms with Gasteiger partial charge in [-0.05, 0) is 66.8 Å². The lowest BCUT2D eigenvalue weighted by atomic mass is 9.80. The molecule has 0 bridgehead atoms. The van der Waals surface area contributed by atoms with Crippen molar-refractivity contribution >= 4 is 5.91 Å². The maximum Gasteiger partial charge on any atom is 0.586 e. The molecular formula is C26H24F8N2O3. The van der Waals surface area contributed by atoms with Crippen LogP contribution in [0.5, 0.6) is 11.5 Å². The predicted octanol–water partition coefficient (Wildman–Crippen LogP) is 6.35. The van der Waals surface area contributed by atoms with Gasteiger partial charge in [0.15, 0.2) is 11.5 Å². The van der Waals surface area contributed by atoms with Crippen LogP contribution in [0.15, 0.2) is 36.4 Å². The molecule has 212 valence electrons. The van der Waals surface area contributed by atoms with E-state index in [1.165, 1.54) is 23.1 Å². The molecule has 1 amide bonds. The third kappa shape index (κ3) is 6.07. The van der Waals surface area contributed by atoms with Crippen molar-refractivity contribution in [2.75, 3.05) is 13.1 Å². The molecule has 5 rings (SSSR count). The zero-order chi connectivity index (χ0) is 28.2. The number of ether oxygens (including phenoxy) is 2. The Morgan fingerprint density at radius 1 is 0.897 bits per heavy atom. The summed E-state index contributed by atoms with van der Waals surface area (Å²) in [7, 11) is 0. The number of hydrogen-bond donors (Lipinski definition) is 1. The number of rotatable bonds is 7. The Bertz CT molecular complexity index is 1220. The standard InChI is InChI=1S/C26H24F8N2O3/c27-24(28,29)18-7-17(8-19(10-18)25(30,31)32)13-36(22(37)23(5-6-35-14-23)11-15-1-2-15)12-16-3-4-20-21(9-16)39-26(33,34)38-20/h3-4,7-10,15,35H,1-2,5-6,11-14H2. The molecule has 0 radical (unpaired) electrons. The van der Waals surface area contributed by atoms with Gasteiger partial charge < -0.3 is 19.7 Å². The van der Waals surface area contributed by atoms with E-state index < -0.39 is 47.6 Å². The predicted molar refractivity (Wildman–Crippen MR) is 121 cm³/mol. The van der Waals surface area contributed by atoms with Crippen LogP contribution in [-0.2, 0) is 30.2 Å². The summed E-state index contributed by atoms with van der Waals surface area (Å²) in [6.07, 6.45) is -11.1. The quantitative estimate of drug-likeness (QED) is 0.398. The van der Waals surface area contributed by atoms with E-state index in [0.717, 1.165) is 12.8 Å². The van der Waals surface area contributed by atoms with Gasteiger partial charge in [-0.2, -0.15) is 26.3 Å². The molecule has 2 aromatic rings. The van der Waals surface area contributed by atoms with Crippen LogP contribution in [-0.4, -0.2) is 30.2 Å². The monoisotopic (exact) mass is 564 g/mol. The van der Waals surface area contributed by atoms with Crippen LogP contribution in [0.3, 0.4) is 0 Å². The number of nitrogens with zero attached hydrogens (tertiary/aromatic N) is 1. The molecule has 2 heterocycles. The van der Waals surface area contributed by atoms with Gasteiger partial charge in [0, 0.05) is 19.6 Å². The number of carbonyl (C=O) groups is 1. The molecule has 2 aromatic carbocycles. The first-order valence-electron chi connectivity index (χ1n) is 12.3. The van der Waals surface area contributed by atoms with E-state index in [1.54, 1.807) is 0 Å². The first kappa shape index (κ1) is 27.5. The Hall–Kier alpha value is -3.09. The second kappa shape index (κ2) is 9.53. The van der Waals surface area contributed by atoms with Crippen LogP contribution in [0.25, 0.3) is 0 Å². The van der Waals surface area contributed by atoms with Crippen LogP contribution in [0.2, 0.25) is 0 Å². The van der Waals surface area contributed by atoms with Crippen molar-refractivity contribution in [3.63, 3.8) is 0 Å². The van der Waals surface area contributed by atoms with E-state index in [4.69, 9.17) is 0 Å². The summed E-state index contributed by atoms with van der Waals surface area (Å²) in [5.41, 5.74) is -3.91. The molecule has 1 N–H and O–H groups in total. The molecular weight excluding hydrogens is 540 g/mol. The third-order valence-corrected chi connectivity index (χ3v) is 7.22. The van der Waals surface area contributed by atoms with Crippen molar-refractivity contribution in [3.05, 3.63) is 58.7 Å². The molecule has 1 atom stereocenters. The van der Waals surface area contributed by atoms with Gasteiger partial charge in [-0.3, -0.25) is 4.79 Å². The fourth-order valence-electron chi connectivity index (χ4n) is 5.24. The highest BCUT2D eigenvalue weighted by Crippen LogP contribution is 2.46. The maximum absolute atomic E-state index is 14.0. The van der Waals surface area contributed by atoms with E-state index in [-0.39, 0.29) is 29.7 Å². The minimum Gasteiger partial charge on any atom is -0.395 e. The third-order valence-electron chi connectivity index (χ3n) is 7.22. The normalized spacial score (nSPS) is 22.3. The zero-order valence-electron chi connectivity index (χ0n) is 20.4. The SMILES string of the molecule is O=C(N(Cc1cc(C(F)(F)F)cc(C(F)(F)F)c1)Cc1ccc2c(c1)OC(F)(F)O2)C1(CC2CC2)CCNC1. The van der Waals surface area contributed by atoms with E-state index >= 15 is 0 Å². The van der Waals surface area contributed by atoms with Gasteiger partial charge in [-0.1, -0.05) is 18.9 Å². The van der Waals surface area contributed by atoms with Crippen LogP contribution in [0, 0.1) is 11.3 Å². The highest BCUT2D eigenvalue weighted by Gasteiger charge is 2.47. The fourth-order valence-corrected chi connectivity index (χ4v) is 5.24. The fraction of sp³-hybridized carbons (Fsp3) is 0.500. The molecule has 1 saturated carbocycles. The molecule has 1 aliphatic carbocycles. The molecule has 0 aromatic heterocycles. The topological polar surface area (TPSA) is 50.8 Å². The van der Waals surface area contributed by atoms with Crippen molar-refractivity contribution in [2.24, 2.45) is 11.3 Å². The van der Waals surface area contributed by atoms with Crippen molar-refractivity contribution in [3.8, 4) is 11.5 Å². The maximum atomic E-state index is 14.0. The van der Waals surface area contributed by atoms with Gasteiger partial charge >= 0.3 is 18.6 Å². The van der Waals surface area contributed by atoms with Gasteiger partial charge in [-0.15, -0.1) is 8.78 Å². The number of carbonyl (C=O) groups excluding carboxylic acids is 1. The molecule has 2 fully saturated rings. The summed E-state index contributed by atoms with van der Waals surface area (Å²) >= 11 is 0. The number of nitrogens with one attached hydrogen (secondary N) is 1. The molecule has 13 heteroatoms. The van der Waals surface area contributed by atoms with E-state index in [9.17, 15) is 39.9 Å². The summed E-state index contributed by atoms with van der Waals surface area (Å²) in [4.78, 5) is 15.2. The van der Waals surface area contributed by atoms with Crippen LogP contribution in [0.1, 0.15) is 47.9 Å². The van der Waals surface area contributed by atoms with Gasteiger partial charge in [-0.25, -0.2) is 0 Å². The largest absolute Gasteiger partial charge is 0.586 e. The second-order valence-electron chi connectivity index (χ2n) is 10.4. The average molecular weight is 564 g/mol. The first-order chi connectivity index (χ1) is 18.1. The van der Waals surface area contributed by atoms with Gasteiger partial charge in [0.05, 0.1) is 16.5 Å². The van der Waals surface area contributed by atoms with E-state index in [0.29, 0.717) is 49.5 Å². The number of halogens is 8. The molecule has 5 nitrogen and oxygen atoms in total. The molecule has 0 spiro atoms. The lowest BCUT2D eigenvalue weighted by Gasteiger charge is -2.34. The molecule has 39 heavy (non-hydrogen) atoms. The molecule has 3 aliphatic rings. The van der Waals surface area contributed by atoms with Crippen LogP contribution in [0.4, 0.5) is 35.1 Å². The summed E-state index contributed by atoms with van der Waals surface area (Å²) in [6.45, 7) is 0.0453. The highest BCUT2D eigenvalue weighted by molar-refractivity contribution is 5.83. The molecule has 1 unspecified atom stereocenters. The van der Waals surface area contributed by atoms with Crippen molar-refractivity contribution < 1.29 is 49.4 Å². The van der Waals surface area contributed by atoms with Crippen molar-refractivity contribution in [1.82, 2.24) is 10.2 Å². The van der Waals surface area contributed by atoms with E-state index in [1.807, 2.05) is 0 Å². The highest BCUT2D eigenvalue weighted by atomic mass is 19.4. The summed E-state index contributed by atoms with van der Waals surface area (Å²) in [6, 6.07) is 5.02. The molecule has 1 saturated heterocycles. The second-order valence-corrected chi connectivity index (χ2v) is 10.4. The lowest BCUT2D eigenvalue weighted by molar-refractivity contribution is -0.286. The van der Waals surface area contributed by atoms with Gasteiger partial charge in [0.2, 0.25) is 5.91 Å². The minimum absolute atomic E-state index is 0.0309. The van der Waals surface area contributed by atoms with E-state index in [2.05, 4.69) is 14.8 Å². The Morgan fingerprint density at radius 2 is 1.51 bits per heavy atom. The summed E-state index contributed by atoms with van der Waals surface area (Å²) in [5, 5.41) is 3.15. The Balaban J connectivity index is 1.51. The Kier molecular flexibility index (Phi) is 6.71. The van der Waals surface area contributed by atoms with Gasteiger partial charge in [0.1, 0.15) is 0 Å². The number of fused-ring (bicyclic) bond motifs is 1. The van der Waals surface area contributed by atoms with Crippen LogP contribution >= 0.6 is 0 Å². The zero-order valence-corrected chi connectivity index (χ0v) is 20.4. The first-order valence-corrected chi connectivity index (χ1v) is 12.3. The number of benzene rings is 2. The minimum atomic E-state index is -5.05. The number of amides is 1. The van der Waals surface area contributed by atoms with Crippen molar-refractivity contribution in [2.45, 2.75) is 57.4 Å². The summed E-state index contributed by atoms with van der Waals surface area (Å²) in [5.74, 6) is -0.639. The van der Waals surface area contributed by atoms with Gasteiger partial charge in [0.25, 0.3) is 0 Å². The number of hydrogen-bond acceptors (Lipinski definition) is 4. The lowest BCUT2D eigenvalue weighted by Crippen LogP contribution is -2.45. The molecule has 2 aliphatic heterocycles. The number of alkyl halides is 8. The van der Waals surface area contributed by atoms with Crippen molar-refractivity contribution in [1.29, 1.82) is 0 Å². The summed E-state index contributed by atoms with van der Waals surface area (Å²) < 4.78 is 117. The Morgan fingerprint density at radius 3 is 2.08 bits per heavy atom. The van der Waals surface area contributed by atoms with Crippen LogP contribution < -0.4 is 14.8 Å². The average Bonchev–Trinajstić information content (AvgIpc) is 3.40. The smallest absolute Gasteiger partial charge is 0.395 e. The Labute approximate surface area is 218 Å².